The monoisotopic (exact) mass is 506 g/mol. The lowest BCUT2D eigenvalue weighted by atomic mass is 9.94. The second kappa shape index (κ2) is 9.89. The number of carbonyl (C=O) groups excluding carboxylic acids is 3. The molecule has 2 aliphatic heterocycles. The smallest absolute Gasteiger partial charge is 0.241 e. The van der Waals surface area contributed by atoms with Gasteiger partial charge in [-0.05, 0) is 78.6 Å². The van der Waals surface area contributed by atoms with Crippen molar-refractivity contribution in [3.63, 3.8) is 0 Å². The van der Waals surface area contributed by atoms with Crippen molar-refractivity contribution >= 4 is 33.4 Å². The van der Waals surface area contributed by atoms with E-state index in [4.69, 9.17) is 0 Å². The first-order chi connectivity index (χ1) is 16.1. The summed E-state index contributed by atoms with van der Waals surface area (Å²) in [7, 11) is -3.64. The van der Waals surface area contributed by atoms with E-state index in [1.807, 2.05) is 20.8 Å². The molecule has 0 bridgehead atoms. The van der Waals surface area contributed by atoms with Crippen LogP contribution in [0.2, 0.25) is 0 Å². The van der Waals surface area contributed by atoms with Crippen LogP contribution in [0, 0.1) is 11.8 Å². The second-order valence-electron chi connectivity index (χ2n) is 11.5. The Hall–Kier alpha value is -2.46. The van der Waals surface area contributed by atoms with E-state index in [-0.39, 0.29) is 46.4 Å². The maximum atomic E-state index is 13.0. The van der Waals surface area contributed by atoms with Crippen molar-refractivity contribution < 1.29 is 22.8 Å². The molecule has 2 saturated heterocycles. The van der Waals surface area contributed by atoms with E-state index in [0.717, 1.165) is 0 Å². The zero-order valence-electron chi connectivity index (χ0n) is 21.6. The van der Waals surface area contributed by atoms with Gasteiger partial charge in [-0.3, -0.25) is 14.4 Å². The van der Waals surface area contributed by atoms with Crippen LogP contribution in [0.15, 0.2) is 29.2 Å². The van der Waals surface area contributed by atoms with Crippen molar-refractivity contribution in [3.8, 4) is 0 Å². The fourth-order valence-corrected chi connectivity index (χ4v) is 5.98. The quantitative estimate of drug-likeness (QED) is 0.637. The van der Waals surface area contributed by atoms with E-state index in [0.29, 0.717) is 38.2 Å². The van der Waals surface area contributed by atoms with Crippen LogP contribution in [0.3, 0.4) is 0 Å². The molecule has 0 spiro atoms. The molecule has 1 atom stereocenters. The topological polar surface area (TPSA) is 116 Å². The highest BCUT2D eigenvalue weighted by Crippen LogP contribution is 2.29. The van der Waals surface area contributed by atoms with E-state index in [1.54, 1.807) is 42.7 Å². The lowest BCUT2D eigenvalue weighted by Crippen LogP contribution is -2.46. The van der Waals surface area contributed by atoms with Gasteiger partial charge in [0.1, 0.15) is 0 Å². The average Bonchev–Trinajstić information content (AvgIpc) is 3.14. The van der Waals surface area contributed by atoms with Crippen molar-refractivity contribution in [2.75, 3.05) is 25.0 Å². The van der Waals surface area contributed by atoms with Gasteiger partial charge >= 0.3 is 0 Å². The Labute approximate surface area is 208 Å². The molecular formula is C25H38N4O5S. The van der Waals surface area contributed by atoms with Gasteiger partial charge in [-0.25, -0.2) is 13.1 Å². The van der Waals surface area contributed by atoms with Gasteiger partial charge in [0.05, 0.1) is 10.8 Å². The third-order valence-corrected chi connectivity index (χ3v) is 8.11. The van der Waals surface area contributed by atoms with Crippen LogP contribution in [0.1, 0.15) is 60.8 Å². The number of amides is 3. The summed E-state index contributed by atoms with van der Waals surface area (Å²) in [5.41, 5.74) is -0.376. The molecule has 0 saturated carbocycles. The molecule has 1 aromatic carbocycles. The molecule has 3 amide bonds. The Morgan fingerprint density at radius 1 is 0.943 bits per heavy atom. The largest absolute Gasteiger partial charge is 0.342 e. The number of benzene rings is 1. The number of hydrogen-bond acceptors (Lipinski definition) is 5. The molecule has 194 valence electrons. The lowest BCUT2D eigenvalue weighted by molar-refractivity contribution is -0.138. The molecule has 0 aliphatic carbocycles. The summed E-state index contributed by atoms with van der Waals surface area (Å²) in [5, 5.41) is 2.86. The summed E-state index contributed by atoms with van der Waals surface area (Å²) in [6.07, 6.45) is 1.33. The molecule has 9 nitrogen and oxygen atoms in total. The first kappa shape index (κ1) is 27.1. The molecule has 1 aromatic rings. The predicted octanol–water partition coefficient (Wildman–Crippen LogP) is 2.59. The van der Waals surface area contributed by atoms with Crippen molar-refractivity contribution in [2.24, 2.45) is 11.8 Å². The van der Waals surface area contributed by atoms with Crippen LogP contribution in [-0.4, -0.2) is 66.7 Å². The van der Waals surface area contributed by atoms with Crippen LogP contribution in [0.4, 0.5) is 5.69 Å². The Morgan fingerprint density at radius 2 is 1.51 bits per heavy atom. The highest BCUT2D eigenvalue weighted by molar-refractivity contribution is 7.89. The molecule has 2 heterocycles. The fraction of sp³-hybridized carbons (Fsp3) is 0.640. The third-order valence-electron chi connectivity index (χ3n) is 6.33. The maximum absolute atomic E-state index is 13.0. The summed E-state index contributed by atoms with van der Waals surface area (Å²) < 4.78 is 27.5. The molecular weight excluding hydrogens is 468 g/mol. The first-order valence-electron chi connectivity index (χ1n) is 12.1. The molecule has 10 heteroatoms. The Kier molecular flexibility index (Phi) is 7.67. The van der Waals surface area contributed by atoms with E-state index >= 15 is 0 Å². The van der Waals surface area contributed by atoms with Crippen LogP contribution in [0.25, 0.3) is 0 Å². The predicted molar refractivity (Wildman–Crippen MR) is 134 cm³/mol. The molecule has 35 heavy (non-hydrogen) atoms. The van der Waals surface area contributed by atoms with Crippen LogP contribution < -0.4 is 10.0 Å². The molecule has 2 fully saturated rings. The Morgan fingerprint density at radius 3 is 2.00 bits per heavy atom. The molecule has 2 N–H and O–H groups in total. The highest BCUT2D eigenvalue weighted by Gasteiger charge is 2.41. The van der Waals surface area contributed by atoms with Gasteiger partial charge in [-0.15, -0.1) is 0 Å². The van der Waals surface area contributed by atoms with E-state index in [1.165, 1.54) is 12.1 Å². The van der Waals surface area contributed by atoms with Crippen molar-refractivity contribution in [2.45, 2.75) is 76.8 Å². The number of sulfonamides is 1. The number of carbonyl (C=O) groups is 3. The summed E-state index contributed by atoms with van der Waals surface area (Å²) >= 11 is 0. The maximum Gasteiger partial charge on any atom is 0.241 e. The molecule has 2 aliphatic rings. The zero-order valence-corrected chi connectivity index (χ0v) is 22.4. The Balaban J connectivity index is 1.52. The number of anilines is 1. The fourth-order valence-electron chi connectivity index (χ4n) is 4.57. The van der Waals surface area contributed by atoms with Crippen molar-refractivity contribution in [1.29, 1.82) is 0 Å². The second-order valence-corrected chi connectivity index (χ2v) is 13.2. The van der Waals surface area contributed by atoms with Gasteiger partial charge in [0.15, 0.2) is 0 Å². The van der Waals surface area contributed by atoms with Gasteiger partial charge in [0.25, 0.3) is 0 Å². The Bertz CT molecular complexity index is 1060. The summed E-state index contributed by atoms with van der Waals surface area (Å²) in [4.78, 5) is 41.8. The van der Waals surface area contributed by atoms with Gasteiger partial charge in [0, 0.05) is 48.7 Å². The average molecular weight is 507 g/mol. The van der Waals surface area contributed by atoms with E-state index < -0.39 is 15.6 Å². The minimum absolute atomic E-state index is 0.00961. The van der Waals surface area contributed by atoms with Gasteiger partial charge in [0.2, 0.25) is 27.7 Å². The summed E-state index contributed by atoms with van der Waals surface area (Å²) in [5.74, 6) is -0.700. The zero-order chi connectivity index (χ0) is 26.2. The minimum atomic E-state index is -3.64. The van der Waals surface area contributed by atoms with Crippen molar-refractivity contribution in [3.05, 3.63) is 24.3 Å². The van der Waals surface area contributed by atoms with Gasteiger partial charge in [-0.1, -0.05) is 0 Å². The lowest BCUT2D eigenvalue weighted by Gasteiger charge is -2.34. The number of piperidine rings is 1. The first-order valence-corrected chi connectivity index (χ1v) is 13.6. The molecule has 0 radical (unpaired) electrons. The summed E-state index contributed by atoms with van der Waals surface area (Å²) in [6.45, 7) is 12.6. The normalized spacial score (nSPS) is 20.3. The minimum Gasteiger partial charge on any atom is -0.342 e. The number of rotatable bonds is 5. The molecule has 1 unspecified atom stereocenters. The molecule has 3 rings (SSSR count). The third kappa shape index (κ3) is 6.82. The van der Waals surface area contributed by atoms with Crippen LogP contribution >= 0.6 is 0 Å². The van der Waals surface area contributed by atoms with Crippen molar-refractivity contribution in [1.82, 2.24) is 14.5 Å². The number of likely N-dealkylation sites (tertiary alicyclic amines) is 2. The van der Waals surface area contributed by atoms with Crippen LogP contribution in [-0.2, 0) is 24.4 Å². The van der Waals surface area contributed by atoms with Gasteiger partial charge in [-0.2, -0.15) is 0 Å². The molecule has 0 aromatic heterocycles. The number of nitrogens with one attached hydrogen (secondary N) is 2. The van der Waals surface area contributed by atoms with E-state index in [2.05, 4.69) is 10.0 Å². The highest BCUT2D eigenvalue weighted by atomic mass is 32.2. The van der Waals surface area contributed by atoms with Gasteiger partial charge < -0.3 is 15.1 Å². The SMILES string of the molecule is CC(C)(C)NS(=O)(=O)c1ccc(NC(=O)C2CCN(C(=O)C3CC(=O)N(C(C)(C)C)C3)CC2)cc1. The number of nitrogens with zero attached hydrogens (tertiary/aromatic N) is 2. The van der Waals surface area contributed by atoms with Crippen LogP contribution in [0.5, 0.6) is 0 Å². The standard InChI is InChI=1S/C25H38N4O5S/c1-24(2,3)27-35(33,34)20-9-7-19(8-10-20)26-22(31)17-11-13-28(14-12-17)23(32)18-15-21(30)29(16-18)25(4,5)6/h7-10,17-18,27H,11-16H2,1-6H3,(H,26,31). The number of hydrogen-bond donors (Lipinski definition) is 2. The van der Waals surface area contributed by atoms with E-state index in [9.17, 15) is 22.8 Å². The summed E-state index contributed by atoms with van der Waals surface area (Å²) in [6, 6.07) is 6.08.